The normalized spacial score (nSPS) is 42.4. The van der Waals surface area contributed by atoms with E-state index in [1.165, 1.54) is 0 Å². The van der Waals surface area contributed by atoms with Gasteiger partial charge >= 0.3 is 0 Å². The number of aliphatic hydroxyl groups excluding tert-OH is 6. The highest BCUT2D eigenvalue weighted by molar-refractivity contribution is 4.99. The van der Waals surface area contributed by atoms with Crippen LogP contribution in [0.25, 0.3) is 0 Å². The van der Waals surface area contributed by atoms with Crippen LogP contribution in [0.4, 0.5) is 0 Å². The number of hydrogen-bond donors (Lipinski definition) is 6. The van der Waals surface area contributed by atoms with Crippen LogP contribution in [0.5, 0.6) is 0 Å². The summed E-state index contributed by atoms with van der Waals surface area (Å²) in [6, 6.07) is 0. The van der Waals surface area contributed by atoms with Crippen molar-refractivity contribution in [2.45, 2.75) is 54.8 Å². The van der Waals surface area contributed by atoms with E-state index in [2.05, 4.69) is 9.68 Å². The highest BCUT2D eigenvalue weighted by Gasteiger charge is 2.61. The van der Waals surface area contributed by atoms with Crippen molar-refractivity contribution in [1.82, 2.24) is 0 Å². The highest BCUT2D eigenvalue weighted by atomic mass is 17.0. The van der Waals surface area contributed by atoms with E-state index in [1.54, 1.807) is 0 Å². The molecule has 2 heterocycles. The van der Waals surface area contributed by atoms with Crippen molar-refractivity contribution in [2.24, 2.45) is 0 Å². The third-order valence-electron chi connectivity index (χ3n) is 4.42. The summed E-state index contributed by atoms with van der Waals surface area (Å²) in [5.74, 6) is -2.61. The van der Waals surface area contributed by atoms with Gasteiger partial charge in [0, 0.05) is 0 Å². The molecule has 2 rings (SSSR count). The average Bonchev–Trinajstić information content (AvgIpc) is 2.92. The number of nitrogens with zero attached hydrogens (tertiary/aromatic N) is 2. The molecule has 0 saturated carbocycles. The zero-order valence-electron chi connectivity index (χ0n) is 14.5. The lowest BCUT2D eigenvalue weighted by molar-refractivity contribution is -0.781. The minimum Gasteiger partial charge on any atom is -0.394 e. The molecule has 29 heavy (non-hydrogen) atoms. The molecule has 17 nitrogen and oxygen atoms in total. The molecule has 0 spiro atoms. The van der Waals surface area contributed by atoms with Crippen molar-refractivity contribution >= 4 is 0 Å². The molecular formula is C12H20N2O15. The fourth-order valence-electron chi connectivity index (χ4n) is 3.05. The topological polar surface area (TPSA) is 254 Å². The van der Waals surface area contributed by atoms with Crippen molar-refractivity contribution < 1.29 is 64.7 Å². The van der Waals surface area contributed by atoms with Crippen molar-refractivity contribution in [3.8, 4) is 0 Å². The van der Waals surface area contributed by atoms with Gasteiger partial charge in [-0.3, -0.25) is 0 Å². The van der Waals surface area contributed by atoms with Gasteiger partial charge in [0.05, 0.1) is 19.8 Å². The maximum absolute atomic E-state index is 10.8. The molecule has 2 aliphatic rings. The van der Waals surface area contributed by atoms with Crippen molar-refractivity contribution in [2.75, 3.05) is 19.8 Å². The van der Waals surface area contributed by atoms with E-state index in [1.807, 2.05) is 0 Å². The van der Waals surface area contributed by atoms with E-state index in [4.69, 9.17) is 14.2 Å². The quantitative estimate of drug-likeness (QED) is 0.147. The van der Waals surface area contributed by atoms with Crippen molar-refractivity contribution in [1.29, 1.82) is 0 Å². The Hall–Kier alpha value is -1.96. The molecule has 0 amide bonds. The maximum Gasteiger partial charge on any atom is 0.295 e. The lowest BCUT2D eigenvalue weighted by Gasteiger charge is -2.44. The molecule has 0 bridgehead atoms. The van der Waals surface area contributed by atoms with Gasteiger partial charge in [-0.25, -0.2) is 0 Å². The van der Waals surface area contributed by atoms with Gasteiger partial charge in [0.2, 0.25) is 5.79 Å². The Labute approximate surface area is 160 Å². The zero-order valence-corrected chi connectivity index (χ0v) is 14.5. The summed E-state index contributed by atoms with van der Waals surface area (Å²) in [5.41, 5.74) is 0. The Morgan fingerprint density at radius 2 is 1.48 bits per heavy atom. The second kappa shape index (κ2) is 9.24. The molecule has 2 aliphatic heterocycles. The predicted octanol–water partition coefficient (Wildman–Crippen LogP) is -4.96. The molecular weight excluding hydrogens is 412 g/mol. The number of rotatable bonds is 9. The standard InChI is InChI=1S/C12H20N2O15/c15-1-4-6(18)8(20)9(28-13(21)22)11(25-4)27-12(3-17)10(29-14(23)24)7(19)5(2-16)26-12/h4-11,15-20H,1-3H2/t4-,5-,6-,7-,8+,9-,10+,11-,12+/m1/s1. The fraction of sp³-hybridized carbons (Fsp3) is 1.00. The van der Waals surface area contributed by atoms with Crippen LogP contribution in [-0.4, -0.2) is 115 Å². The Morgan fingerprint density at radius 1 is 0.897 bits per heavy atom. The highest BCUT2D eigenvalue weighted by Crippen LogP contribution is 2.38. The molecule has 6 N–H and O–H groups in total. The van der Waals surface area contributed by atoms with Crippen molar-refractivity contribution in [3.63, 3.8) is 0 Å². The first-order chi connectivity index (χ1) is 13.6. The minimum absolute atomic E-state index is 0.882. The van der Waals surface area contributed by atoms with Gasteiger partial charge in [0.15, 0.2) is 18.5 Å². The molecule has 0 aliphatic carbocycles. The molecule has 2 fully saturated rings. The van der Waals surface area contributed by atoms with Gasteiger partial charge in [-0.2, -0.15) is 0 Å². The third kappa shape index (κ3) is 4.63. The Balaban J connectivity index is 2.37. The van der Waals surface area contributed by atoms with Gasteiger partial charge in [-0.05, 0) is 0 Å². The maximum atomic E-state index is 10.8. The second-order valence-electron chi connectivity index (χ2n) is 6.17. The summed E-state index contributed by atoms with van der Waals surface area (Å²) in [5, 5.41) is 77.0. The van der Waals surface area contributed by atoms with Crippen LogP contribution in [0.2, 0.25) is 0 Å². The summed E-state index contributed by atoms with van der Waals surface area (Å²) in [6.45, 7) is -3.01. The average molecular weight is 432 g/mol. The number of ether oxygens (including phenoxy) is 3. The minimum atomic E-state index is -2.61. The lowest BCUT2D eigenvalue weighted by Crippen LogP contribution is -2.64. The van der Waals surface area contributed by atoms with E-state index in [9.17, 15) is 50.9 Å². The predicted molar refractivity (Wildman–Crippen MR) is 80.4 cm³/mol. The van der Waals surface area contributed by atoms with Gasteiger partial charge in [0.25, 0.3) is 10.2 Å². The first-order valence-electron chi connectivity index (χ1n) is 8.10. The van der Waals surface area contributed by atoms with Gasteiger partial charge < -0.3 is 54.5 Å². The SMILES string of the molecule is O=[N+]([O-])O[C@H]1[C@@H](O[C@]2(CO)O[C@H](CO)[C@@H](O)[C@@H]2O[N+](=O)[O-])O[C@H](CO)[C@@H](O)[C@@H]1O. The summed E-state index contributed by atoms with van der Waals surface area (Å²) < 4.78 is 15.5. The molecule has 2 saturated heterocycles. The second-order valence-corrected chi connectivity index (χ2v) is 6.17. The van der Waals surface area contributed by atoms with Crippen LogP contribution < -0.4 is 0 Å². The third-order valence-corrected chi connectivity index (χ3v) is 4.42. The molecule has 0 aromatic heterocycles. The summed E-state index contributed by atoms with van der Waals surface area (Å²) in [6.07, 6.45) is -15.0. The van der Waals surface area contributed by atoms with Gasteiger partial charge in [-0.15, -0.1) is 20.2 Å². The summed E-state index contributed by atoms with van der Waals surface area (Å²) >= 11 is 0. The summed E-state index contributed by atoms with van der Waals surface area (Å²) in [4.78, 5) is 30.0. The van der Waals surface area contributed by atoms with Gasteiger partial charge in [-0.1, -0.05) is 0 Å². The summed E-state index contributed by atoms with van der Waals surface area (Å²) in [7, 11) is 0. The fourth-order valence-corrected chi connectivity index (χ4v) is 3.05. The first-order valence-corrected chi connectivity index (χ1v) is 8.10. The van der Waals surface area contributed by atoms with Crippen LogP contribution in [-0.2, 0) is 23.9 Å². The van der Waals surface area contributed by atoms with E-state index in [0.29, 0.717) is 0 Å². The van der Waals surface area contributed by atoms with Crippen LogP contribution in [0.3, 0.4) is 0 Å². The molecule has 17 heteroatoms. The van der Waals surface area contributed by atoms with Crippen LogP contribution in [0.1, 0.15) is 0 Å². The van der Waals surface area contributed by atoms with Crippen LogP contribution in [0.15, 0.2) is 0 Å². The van der Waals surface area contributed by atoms with Crippen LogP contribution in [0, 0.1) is 20.2 Å². The molecule has 9 atom stereocenters. The van der Waals surface area contributed by atoms with Crippen molar-refractivity contribution in [3.05, 3.63) is 20.2 Å². The molecule has 168 valence electrons. The van der Waals surface area contributed by atoms with Crippen LogP contribution >= 0.6 is 0 Å². The van der Waals surface area contributed by atoms with E-state index >= 15 is 0 Å². The Bertz CT molecular complexity index is 594. The first kappa shape index (κ1) is 23.3. The Kier molecular flexibility index (Phi) is 7.43. The zero-order chi connectivity index (χ0) is 21.9. The number of aliphatic hydroxyl groups is 6. The molecule has 0 unspecified atom stereocenters. The lowest BCUT2D eigenvalue weighted by atomic mass is 9.99. The smallest absolute Gasteiger partial charge is 0.295 e. The largest absolute Gasteiger partial charge is 0.394 e. The molecule has 0 aromatic carbocycles. The monoisotopic (exact) mass is 432 g/mol. The van der Waals surface area contributed by atoms with E-state index in [-0.39, 0.29) is 0 Å². The van der Waals surface area contributed by atoms with E-state index < -0.39 is 84.8 Å². The molecule has 0 aromatic rings. The Morgan fingerprint density at radius 3 is 1.97 bits per heavy atom. The van der Waals surface area contributed by atoms with Gasteiger partial charge in [0.1, 0.15) is 30.5 Å². The van der Waals surface area contributed by atoms with E-state index in [0.717, 1.165) is 0 Å². The molecule has 0 radical (unpaired) electrons. The number of hydrogen-bond acceptors (Lipinski definition) is 15.